The number of anilines is 1. The second-order valence-electron chi connectivity index (χ2n) is 5.63. The Balaban J connectivity index is 1.74. The molecule has 0 unspecified atom stereocenters. The molecule has 2 amide bonds. The fraction of sp³-hybridized carbons (Fsp3) is 0.278. The van der Waals surface area contributed by atoms with Crippen molar-refractivity contribution in [3.63, 3.8) is 0 Å². The Labute approximate surface area is 133 Å². The van der Waals surface area contributed by atoms with Crippen LogP contribution in [0.1, 0.15) is 24.0 Å². The number of rotatable bonds is 2. The number of halogens is 2. The average molecular weight is 316 g/mol. The molecule has 0 saturated carbocycles. The molecule has 2 aromatic carbocycles. The number of para-hydroxylation sites is 1. The van der Waals surface area contributed by atoms with Crippen LogP contribution >= 0.6 is 0 Å². The molecule has 0 spiro atoms. The molecule has 5 heteroatoms. The van der Waals surface area contributed by atoms with Gasteiger partial charge < -0.3 is 5.32 Å². The van der Waals surface area contributed by atoms with Gasteiger partial charge >= 0.3 is 6.03 Å². The molecule has 0 bridgehead atoms. The summed E-state index contributed by atoms with van der Waals surface area (Å²) in [7, 11) is 0. The minimum atomic E-state index is -0.525. The van der Waals surface area contributed by atoms with Gasteiger partial charge in [0, 0.05) is 24.3 Å². The van der Waals surface area contributed by atoms with E-state index in [0.29, 0.717) is 6.54 Å². The summed E-state index contributed by atoms with van der Waals surface area (Å²) in [6, 6.07) is 10.7. The quantitative estimate of drug-likeness (QED) is 0.892. The van der Waals surface area contributed by atoms with Crippen LogP contribution in [-0.4, -0.2) is 12.6 Å². The Bertz CT molecular complexity index is 718. The third-order valence-electron chi connectivity index (χ3n) is 4.04. The maximum Gasteiger partial charge on any atom is 0.322 e. The molecule has 0 aliphatic carbocycles. The van der Waals surface area contributed by atoms with E-state index in [1.807, 2.05) is 24.3 Å². The van der Waals surface area contributed by atoms with E-state index in [-0.39, 0.29) is 18.1 Å². The number of fused-ring (bicyclic) bond motifs is 1. The molecule has 1 aliphatic rings. The smallest absolute Gasteiger partial charge is 0.322 e. The van der Waals surface area contributed by atoms with E-state index in [1.54, 1.807) is 4.90 Å². The van der Waals surface area contributed by atoms with Crippen molar-refractivity contribution in [2.75, 3.05) is 11.4 Å². The number of urea groups is 1. The number of nitrogens with zero attached hydrogens (tertiary/aromatic N) is 1. The molecular weight excluding hydrogens is 298 g/mol. The molecule has 0 radical (unpaired) electrons. The van der Waals surface area contributed by atoms with Gasteiger partial charge in [-0.2, -0.15) is 0 Å². The number of benzene rings is 2. The molecule has 1 heterocycles. The molecule has 0 atom stereocenters. The molecule has 1 aliphatic heterocycles. The van der Waals surface area contributed by atoms with Crippen LogP contribution in [-0.2, 0) is 13.0 Å². The van der Waals surface area contributed by atoms with Crippen LogP contribution in [0.25, 0.3) is 0 Å². The second kappa shape index (κ2) is 6.77. The fourth-order valence-electron chi connectivity index (χ4n) is 2.85. The maximum absolute atomic E-state index is 13.6. The highest BCUT2D eigenvalue weighted by molar-refractivity contribution is 5.92. The fourth-order valence-corrected chi connectivity index (χ4v) is 2.85. The zero-order chi connectivity index (χ0) is 16.2. The van der Waals surface area contributed by atoms with Crippen molar-refractivity contribution in [3.05, 3.63) is 65.2 Å². The molecule has 0 aromatic heterocycles. The molecule has 0 fully saturated rings. The molecule has 0 saturated heterocycles. The molecule has 3 rings (SSSR count). The molecular formula is C18H18F2N2O. The van der Waals surface area contributed by atoms with Crippen molar-refractivity contribution in [1.29, 1.82) is 0 Å². The molecule has 120 valence electrons. The minimum Gasteiger partial charge on any atom is -0.333 e. The third kappa shape index (κ3) is 3.50. The zero-order valence-electron chi connectivity index (χ0n) is 12.7. The van der Waals surface area contributed by atoms with Crippen LogP contribution in [0.15, 0.2) is 42.5 Å². The highest BCUT2D eigenvalue weighted by Gasteiger charge is 2.20. The van der Waals surface area contributed by atoms with Gasteiger partial charge in [0.05, 0.1) is 0 Å². The Kier molecular flexibility index (Phi) is 4.55. The molecule has 3 nitrogen and oxygen atoms in total. The van der Waals surface area contributed by atoms with Crippen molar-refractivity contribution >= 4 is 11.7 Å². The van der Waals surface area contributed by atoms with Crippen LogP contribution in [0, 0.1) is 11.6 Å². The standard InChI is InChI=1S/C18H18F2N2O/c19-15-8-9-16(20)14(11-15)12-21-18(23)22-10-4-3-6-13-5-1-2-7-17(13)22/h1-2,5,7-9,11H,3-4,6,10,12H2,(H,21,23). The predicted molar refractivity (Wildman–Crippen MR) is 85.3 cm³/mol. The van der Waals surface area contributed by atoms with E-state index in [1.165, 1.54) is 0 Å². The Morgan fingerprint density at radius 1 is 1.13 bits per heavy atom. The first kappa shape index (κ1) is 15.5. The lowest BCUT2D eigenvalue weighted by Crippen LogP contribution is -2.40. The van der Waals surface area contributed by atoms with E-state index in [4.69, 9.17) is 0 Å². The minimum absolute atomic E-state index is 0.0406. The van der Waals surface area contributed by atoms with Crippen molar-refractivity contribution < 1.29 is 13.6 Å². The van der Waals surface area contributed by atoms with E-state index >= 15 is 0 Å². The number of hydrogen-bond donors (Lipinski definition) is 1. The van der Waals surface area contributed by atoms with Crippen LogP contribution in [0.3, 0.4) is 0 Å². The van der Waals surface area contributed by atoms with Crippen LogP contribution in [0.2, 0.25) is 0 Å². The lowest BCUT2D eigenvalue weighted by atomic mass is 10.1. The van der Waals surface area contributed by atoms with Crippen molar-refractivity contribution in [2.24, 2.45) is 0 Å². The monoisotopic (exact) mass is 316 g/mol. The largest absolute Gasteiger partial charge is 0.333 e. The molecule has 23 heavy (non-hydrogen) atoms. The van der Waals surface area contributed by atoms with Gasteiger partial charge in [0.15, 0.2) is 0 Å². The first-order valence-electron chi connectivity index (χ1n) is 7.72. The van der Waals surface area contributed by atoms with Gasteiger partial charge in [-0.1, -0.05) is 18.2 Å². The van der Waals surface area contributed by atoms with Crippen molar-refractivity contribution in [3.8, 4) is 0 Å². The van der Waals surface area contributed by atoms with Crippen LogP contribution in [0.5, 0.6) is 0 Å². The molecule has 1 N–H and O–H groups in total. The van der Waals surface area contributed by atoms with Crippen LogP contribution in [0.4, 0.5) is 19.3 Å². The zero-order valence-corrected chi connectivity index (χ0v) is 12.7. The lowest BCUT2D eigenvalue weighted by molar-refractivity contribution is 0.245. The summed E-state index contributed by atoms with van der Waals surface area (Å²) in [5.41, 5.74) is 2.17. The summed E-state index contributed by atoms with van der Waals surface area (Å²) in [6.07, 6.45) is 2.88. The summed E-state index contributed by atoms with van der Waals surface area (Å²) in [6.45, 7) is 0.579. The van der Waals surface area contributed by atoms with Crippen molar-refractivity contribution in [1.82, 2.24) is 5.32 Å². The summed E-state index contributed by atoms with van der Waals surface area (Å²) in [4.78, 5) is 14.2. The number of hydrogen-bond acceptors (Lipinski definition) is 1. The average Bonchev–Trinajstić information content (AvgIpc) is 2.78. The molecule has 2 aromatic rings. The van der Waals surface area contributed by atoms with E-state index in [0.717, 1.165) is 48.7 Å². The number of amides is 2. The van der Waals surface area contributed by atoms with Crippen molar-refractivity contribution in [2.45, 2.75) is 25.8 Å². The van der Waals surface area contributed by atoms with Gasteiger partial charge in [-0.05, 0) is 49.1 Å². The number of aryl methyl sites for hydroxylation is 1. The van der Waals surface area contributed by atoms with E-state index < -0.39 is 11.6 Å². The summed E-state index contributed by atoms with van der Waals surface area (Å²) < 4.78 is 26.8. The van der Waals surface area contributed by atoms with Gasteiger partial charge in [-0.15, -0.1) is 0 Å². The van der Waals surface area contributed by atoms with Gasteiger partial charge in [-0.25, -0.2) is 13.6 Å². The van der Waals surface area contributed by atoms with Crippen LogP contribution < -0.4 is 10.2 Å². The van der Waals surface area contributed by atoms with Gasteiger partial charge in [0.1, 0.15) is 11.6 Å². The SMILES string of the molecule is O=C(NCc1cc(F)ccc1F)N1CCCCc2ccccc21. The highest BCUT2D eigenvalue weighted by Crippen LogP contribution is 2.26. The normalized spacial score (nSPS) is 14.1. The first-order valence-corrected chi connectivity index (χ1v) is 7.72. The summed E-state index contributed by atoms with van der Waals surface area (Å²) >= 11 is 0. The van der Waals surface area contributed by atoms with Gasteiger partial charge in [-0.3, -0.25) is 4.90 Å². The van der Waals surface area contributed by atoms with Gasteiger partial charge in [0.25, 0.3) is 0 Å². The van der Waals surface area contributed by atoms with E-state index in [9.17, 15) is 13.6 Å². The number of carbonyl (C=O) groups is 1. The summed E-state index contributed by atoms with van der Waals surface area (Å²) in [5, 5.41) is 2.69. The first-order chi connectivity index (χ1) is 11.1. The number of carbonyl (C=O) groups excluding carboxylic acids is 1. The van der Waals surface area contributed by atoms with Gasteiger partial charge in [0.2, 0.25) is 0 Å². The highest BCUT2D eigenvalue weighted by atomic mass is 19.1. The second-order valence-corrected chi connectivity index (χ2v) is 5.63. The maximum atomic E-state index is 13.6. The Morgan fingerprint density at radius 2 is 1.96 bits per heavy atom. The lowest BCUT2D eigenvalue weighted by Gasteiger charge is -2.23. The number of nitrogens with one attached hydrogen (secondary N) is 1. The van der Waals surface area contributed by atoms with E-state index in [2.05, 4.69) is 5.32 Å². The Morgan fingerprint density at radius 3 is 2.83 bits per heavy atom. The Hall–Kier alpha value is -2.43. The summed E-state index contributed by atoms with van der Waals surface area (Å²) in [5.74, 6) is -1.04. The third-order valence-corrected chi connectivity index (χ3v) is 4.04. The topological polar surface area (TPSA) is 32.3 Å². The predicted octanol–water partition coefficient (Wildman–Crippen LogP) is 4.02.